The number of hydrogen-bond acceptors (Lipinski definition) is 4. The van der Waals surface area contributed by atoms with E-state index in [0.29, 0.717) is 11.3 Å². The van der Waals surface area contributed by atoms with E-state index in [9.17, 15) is 9.59 Å². The lowest BCUT2D eigenvalue weighted by Crippen LogP contribution is -2.39. The maximum absolute atomic E-state index is 12.9. The van der Waals surface area contributed by atoms with E-state index in [4.69, 9.17) is 5.73 Å². The molecule has 29 heavy (non-hydrogen) atoms. The number of anilines is 3. The minimum atomic E-state index is -0.487. The second-order valence-corrected chi connectivity index (χ2v) is 7.94. The first-order valence-electron chi connectivity index (χ1n) is 10.4. The molecule has 2 aromatic carbocycles. The van der Waals surface area contributed by atoms with E-state index in [-0.39, 0.29) is 18.5 Å². The molecule has 2 aliphatic rings. The van der Waals surface area contributed by atoms with Crippen LogP contribution < -0.4 is 20.9 Å². The second-order valence-electron chi connectivity index (χ2n) is 7.94. The number of piperidine rings is 1. The summed E-state index contributed by atoms with van der Waals surface area (Å²) in [6.45, 7) is 4.16. The van der Waals surface area contributed by atoms with Crippen molar-refractivity contribution >= 4 is 28.9 Å². The first kappa shape index (κ1) is 19.3. The first-order valence-corrected chi connectivity index (χ1v) is 10.4. The Hall–Kier alpha value is -3.02. The molecular formula is C23H28N4O2. The van der Waals surface area contributed by atoms with Crippen LogP contribution in [0.15, 0.2) is 42.5 Å². The van der Waals surface area contributed by atoms with Crippen molar-refractivity contribution in [3.8, 4) is 0 Å². The molecule has 1 fully saturated rings. The van der Waals surface area contributed by atoms with Gasteiger partial charge in [-0.25, -0.2) is 0 Å². The number of para-hydroxylation sites is 1. The Kier molecular flexibility index (Phi) is 5.43. The molecule has 152 valence electrons. The molecule has 6 nitrogen and oxygen atoms in total. The monoisotopic (exact) mass is 392 g/mol. The summed E-state index contributed by atoms with van der Waals surface area (Å²) in [5.74, 6) is -0.503. The summed E-state index contributed by atoms with van der Waals surface area (Å²) < 4.78 is 0. The Labute approximate surface area is 171 Å². The molecule has 2 heterocycles. The molecule has 2 amide bonds. The van der Waals surface area contributed by atoms with Gasteiger partial charge in [-0.05, 0) is 62.4 Å². The first-order chi connectivity index (χ1) is 14.0. The molecule has 0 saturated carbocycles. The largest absolute Gasteiger partial charge is 0.375 e. The van der Waals surface area contributed by atoms with Gasteiger partial charge < -0.3 is 20.9 Å². The number of rotatable bonds is 5. The van der Waals surface area contributed by atoms with Gasteiger partial charge in [0.25, 0.3) is 5.91 Å². The molecule has 2 aliphatic heterocycles. The third-order valence-electron chi connectivity index (χ3n) is 5.90. The predicted octanol–water partition coefficient (Wildman–Crippen LogP) is 3.17. The number of nitrogens with one attached hydrogen (secondary N) is 1. The number of carbonyl (C=O) groups excluding carboxylic acids is 2. The fraction of sp³-hybridized carbons (Fsp3) is 0.391. The molecule has 0 bridgehead atoms. The minimum absolute atomic E-state index is 0.0158. The minimum Gasteiger partial charge on any atom is -0.375 e. The highest BCUT2D eigenvalue weighted by Crippen LogP contribution is 2.32. The summed E-state index contributed by atoms with van der Waals surface area (Å²) in [6, 6.07) is 13.8. The molecule has 0 spiro atoms. The molecule has 0 radical (unpaired) electrons. The van der Waals surface area contributed by atoms with E-state index in [1.165, 1.54) is 12.0 Å². The number of nitrogens with two attached hydrogens (primary N) is 1. The zero-order chi connectivity index (χ0) is 20.4. The number of benzene rings is 2. The highest BCUT2D eigenvalue weighted by Gasteiger charge is 2.30. The van der Waals surface area contributed by atoms with Crippen LogP contribution in [-0.4, -0.2) is 37.5 Å². The van der Waals surface area contributed by atoms with Crippen LogP contribution in [-0.2, 0) is 11.2 Å². The highest BCUT2D eigenvalue weighted by molar-refractivity contribution is 6.02. The lowest BCUT2D eigenvalue weighted by molar-refractivity contribution is -0.117. The van der Waals surface area contributed by atoms with Gasteiger partial charge in [0, 0.05) is 36.2 Å². The van der Waals surface area contributed by atoms with Gasteiger partial charge in [0.2, 0.25) is 5.91 Å². The fourth-order valence-electron chi connectivity index (χ4n) is 4.44. The van der Waals surface area contributed by atoms with Gasteiger partial charge in [0.15, 0.2) is 0 Å². The number of nitrogens with zero attached hydrogens (tertiary/aromatic N) is 2. The van der Waals surface area contributed by atoms with Gasteiger partial charge in [-0.3, -0.25) is 9.59 Å². The molecule has 1 atom stereocenters. The molecule has 0 aromatic heterocycles. The molecule has 1 saturated heterocycles. The Morgan fingerprint density at radius 3 is 2.62 bits per heavy atom. The quantitative estimate of drug-likeness (QED) is 0.819. The predicted molar refractivity (Wildman–Crippen MR) is 117 cm³/mol. The summed E-state index contributed by atoms with van der Waals surface area (Å²) >= 11 is 0. The van der Waals surface area contributed by atoms with Crippen LogP contribution in [0.5, 0.6) is 0 Å². The van der Waals surface area contributed by atoms with E-state index in [1.807, 2.05) is 41.3 Å². The Bertz CT molecular complexity index is 921. The molecular weight excluding hydrogens is 364 g/mol. The van der Waals surface area contributed by atoms with Crippen molar-refractivity contribution < 1.29 is 9.59 Å². The van der Waals surface area contributed by atoms with Crippen molar-refractivity contribution in [2.75, 3.05) is 34.8 Å². The number of hydrogen-bond donors (Lipinski definition) is 2. The summed E-state index contributed by atoms with van der Waals surface area (Å²) in [4.78, 5) is 29.1. The normalized spacial score (nSPS) is 18.4. The smallest absolute Gasteiger partial charge is 0.250 e. The number of amides is 2. The van der Waals surface area contributed by atoms with E-state index in [2.05, 4.69) is 23.2 Å². The second kappa shape index (κ2) is 8.15. The SMILES string of the molecule is CC1Cc2ccccc2N1C(=O)CNc1ccc(N2CCCCC2)cc1C(N)=O. The molecule has 3 N–H and O–H groups in total. The highest BCUT2D eigenvalue weighted by atomic mass is 16.2. The van der Waals surface area contributed by atoms with Crippen molar-refractivity contribution in [3.05, 3.63) is 53.6 Å². The number of primary amides is 1. The summed E-state index contributed by atoms with van der Waals surface area (Å²) in [7, 11) is 0. The lowest BCUT2D eigenvalue weighted by atomic mass is 10.1. The molecule has 0 aliphatic carbocycles. The van der Waals surface area contributed by atoms with Crippen LogP contribution in [0.3, 0.4) is 0 Å². The third kappa shape index (κ3) is 3.92. The van der Waals surface area contributed by atoms with Gasteiger partial charge in [0.05, 0.1) is 12.1 Å². The van der Waals surface area contributed by atoms with Gasteiger partial charge in [-0.2, -0.15) is 0 Å². The van der Waals surface area contributed by atoms with Crippen molar-refractivity contribution in [1.82, 2.24) is 0 Å². The zero-order valence-corrected chi connectivity index (χ0v) is 16.9. The van der Waals surface area contributed by atoms with E-state index in [1.54, 1.807) is 0 Å². The van der Waals surface area contributed by atoms with Crippen LogP contribution in [0.2, 0.25) is 0 Å². The average molecular weight is 393 g/mol. The van der Waals surface area contributed by atoms with Crippen LogP contribution in [0.4, 0.5) is 17.1 Å². The van der Waals surface area contributed by atoms with E-state index in [0.717, 1.165) is 43.7 Å². The maximum atomic E-state index is 12.9. The molecule has 2 aromatic rings. The molecule has 1 unspecified atom stereocenters. The van der Waals surface area contributed by atoms with Crippen molar-refractivity contribution in [2.24, 2.45) is 5.73 Å². The summed E-state index contributed by atoms with van der Waals surface area (Å²) in [5, 5.41) is 3.14. The molecule has 6 heteroatoms. The van der Waals surface area contributed by atoms with Gasteiger partial charge in [-0.1, -0.05) is 18.2 Å². The standard InChI is InChI=1S/C23H28N4O2/c1-16-13-17-7-3-4-8-21(17)27(16)22(28)15-25-20-10-9-18(14-19(20)23(24)29)26-11-5-2-6-12-26/h3-4,7-10,14,16,25H,2,5-6,11-13,15H2,1H3,(H2,24,29). The van der Waals surface area contributed by atoms with Crippen molar-refractivity contribution in [3.63, 3.8) is 0 Å². The van der Waals surface area contributed by atoms with Crippen molar-refractivity contribution in [1.29, 1.82) is 0 Å². The van der Waals surface area contributed by atoms with Gasteiger partial charge in [0.1, 0.15) is 0 Å². The van der Waals surface area contributed by atoms with Gasteiger partial charge >= 0.3 is 0 Å². The van der Waals surface area contributed by atoms with E-state index < -0.39 is 5.91 Å². The topological polar surface area (TPSA) is 78.7 Å². The Morgan fingerprint density at radius 2 is 1.86 bits per heavy atom. The zero-order valence-electron chi connectivity index (χ0n) is 16.9. The maximum Gasteiger partial charge on any atom is 0.250 e. The Balaban J connectivity index is 1.49. The van der Waals surface area contributed by atoms with Crippen LogP contribution in [0.1, 0.15) is 42.1 Å². The third-order valence-corrected chi connectivity index (χ3v) is 5.90. The fourth-order valence-corrected chi connectivity index (χ4v) is 4.44. The van der Waals surface area contributed by atoms with Crippen LogP contribution >= 0.6 is 0 Å². The Morgan fingerprint density at radius 1 is 1.10 bits per heavy atom. The van der Waals surface area contributed by atoms with Crippen LogP contribution in [0.25, 0.3) is 0 Å². The number of carbonyl (C=O) groups is 2. The van der Waals surface area contributed by atoms with Gasteiger partial charge in [-0.15, -0.1) is 0 Å². The number of fused-ring (bicyclic) bond motifs is 1. The summed E-state index contributed by atoms with van der Waals surface area (Å²) in [6.07, 6.45) is 4.43. The summed E-state index contributed by atoms with van der Waals surface area (Å²) in [5.41, 5.74) is 9.84. The van der Waals surface area contributed by atoms with E-state index >= 15 is 0 Å². The average Bonchev–Trinajstić information content (AvgIpc) is 3.08. The van der Waals surface area contributed by atoms with Crippen molar-refractivity contribution in [2.45, 2.75) is 38.6 Å². The lowest BCUT2D eigenvalue weighted by Gasteiger charge is -2.29. The molecule has 4 rings (SSSR count). The van der Waals surface area contributed by atoms with Crippen LogP contribution in [0, 0.1) is 0 Å².